The molecule has 0 N–H and O–H groups in total. The monoisotopic (exact) mass is 348 g/mol. The van der Waals surface area contributed by atoms with Gasteiger partial charge in [-0.3, -0.25) is 0 Å². The van der Waals surface area contributed by atoms with Gasteiger partial charge in [0.15, 0.2) is 0 Å². The van der Waals surface area contributed by atoms with Crippen LogP contribution in [0.15, 0.2) is 0 Å². The van der Waals surface area contributed by atoms with Gasteiger partial charge in [0, 0.05) is 11.8 Å². The predicted octanol–water partition coefficient (Wildman–Crippen LogP) is 6.16. The Morgan fingerprint density at radius 3 is 1.50 bits per heavy atom. The van der Waals surface area contributed by atoms with Crippen LogP contribution in [-0.4, -0.2) is 36.5 Å². The summed E-state index contributed by atoms with van der Waals surface area (Å²) < 4.78 is 1.31. The summed E-state index contributed by atoms with van der Waals surface area (Å²) in [6, 6.07) is 0. The summed E-state index contributed by atoms with van der Waals surface area (Å²) in [4.78, 5) is 0. The zero-order chi connectivity index (χ0) is 15.1. The Hall–Kier alpha value is 0.440. The third-order valence-corrected chi connectivity index (χ3v) is 5.00. The minimum Gasteiger partial charge on any atom is -0.326 e. The number of unbranched alkanes of at least 4 members (excludes halogenated alkanes) is 8. The van der Waals surface area contributed by atoms with Gasteiger partial charge in [-0.1, -0.05) is 68.3 Å². The number of rotatable bonds is 15. The van der Waals surface area contributed by atoms with E-state index >= 15 is 0 Å². The van der Waals surface area contributed by atoms with Gasteiger partial charge in [-0.05, 0) is 25.7 Å². The van der Waals surface area contributed by atoms with E-state index < -0.39 is 0 Å². The van der Waals surface area contributed by atoms with Gasteiger partial charge >= 0.3 is 0 Å². The summed E-state index contributed by atoms with van der Waals surface area (Å²) in [7, 11) is 2.49. The fourth-order valence-electron chi connectivity index (χ4n) is 2.97. The molecule has 0 aromatic rings. The maximum absolute atomic E-state index is 3.60. The second-order valence-corrected chi connectivity index (χ2v) is 7.45. The average molecular weight is 349 g/mol. The first-order valence-corrected chi connectivity index (χ1v) is 10.2. The molecule has 2 heteroatoms. The van der Waals surface area contributed by atoms with Crippen molar-refractivity contribution in [1.82, 2.24) is 0 Å². The molecule has 1 atom stereocenters. The summed E-state index contributed by atoms with van der Waals surface area (Å²) >= 11 is 3.60. The number of quaternary nitrogens is 1. The maximum atomic E-state index is 3.60. The van der Waals surface area contributed by atoms with Gasteiger partial charge in [-0.15, -0.1) is 0 Å². The van der Waals surface area contributed by atoms with Gasteiger partial charge < -0.3 is 4.48 Å². The van der Waals surface area contributed by atoms with Crippen LogP contribution in [0.4, 0.5) is 0 Å². The Kier molecular flexibility index (Phi) is 14.7. The zero-order valence-corrected chi connectivity index (χ0v) is 16.0. The molecule has 20 heavy (non-hydrogen) atoms. The highest BCUT2D eigenvalue weighted by Crippen LogP contribution is 2.14. The Bertz CT molecular complexity index is 196. The minimum atomic E-state index is 1.16. The Balaban J connectivity index is 3.85. The Labute approximate surface area is 137 Å². The highest BCUT2D eigenvalue weighted by Gasteiger charge is 2.19. The fourth-order valence-corrected chi connectivity index (χ4v) is 3.22. The molecule has 0 bridgehead atoms. The lowest BCUT2D eigenvalue weighted by molar-refractivity contribution is -0.910. The van der Waals surface area contributed by atoms with Gasteiger partial charge in [-0.25, -0.2) is 0 Å². The molecule has 0 fully saturated rings. The molecule has 0 aliphatic carbocycles. The van der Waals surface area contributed by atoms with E-state index in [0.717, 1.165) is 5.33 Å². The summed E-state index contributed by atoms with van der Waals surface area (Å²) in [5.41, 5.74) is 0. The number of alkyl halides is 1. The molecule has 1 nitrogen and oxygen atoms in total. The lowest BCUT2D eigenvalue weighted by atomic mass is 10.1. The molecule has 0 saturated carbocycles. The molecule has 0 aromatic heterocycles. The highest BCUT2D eigenvalue weighted by molar-refractivity contribution is 9.09. The number of nitrogens with zero attached hydrogens (tertiary/aromatic N) is 1. The summed E-state index contributed by atoms with van der Waals surface area (Å²) in [5, 5.41) is 1.16. The zero-order valence-electron chi connectivity index (χ0n) is 14.4. The summed E-state index contributed by atoms with van der Waals surface area (Å²) in [5.74, 6) is 0. The van der Waals surface area contributed by atoms with Crippen LogP contribution >= 0.6 is 15.9 Å². The van der Waals surface area contributed by atoms with E-state index in [9.17, 15) is 0 Å². The van der Waals surface area contributed by atoms with Gasteiger partial charge in [0.1, 0.15) is 0 Å². The van der Waals surface area contributed by atoms with Crippen molar-refractivity contribution in [3.63, 3.8) is 0 Å². The van der Waals surface area contributed by atoms with E-state index in [-0.39, 0.29) is 0 Å². The molecular weight excluding hydrogens is 310 g/mol. The lowest BCUT2D eigenvalue weighted by Gasteiger charge is -2.35. The van der Waals surface area contributed by atoms with Crippen LogP contribution in [0.5, 0.6) is 0 Å². The first kappa shape index (κ1) is 20.4. The van der Waals surface area contributed by atoms with E-state index in [1.54, 1.807) is 0 Å². The third-order valence-electron chi connectivity index (χ3n) is 4.43. The lowest BCUT2D eigenvalue weighted by Crippen LogP contribution is -2.46. The fraction of sp³-hybridized carbons (Fsp3) is 1.00. The number of halogens is 1. The molecule has 122 valence electrons. The molecule has 0 radical (unpaired) electrons. The maximum Gasteiger partial charge on any atom is 0.0792 e. The SMILES string of the molecule is CCCCCCCC[N+](C)(CCCBr)CCCCCC. The van der Waals surface area contributed by atoms with Crippen molar-refractivity contribution in [2.45, 2.75) is 84.5 Å². The predicted molar refractivity (Wildman–Crippen MR) is 96.7 cm³/mol. The molecular formula is C18H39BrN+. The molecule has 0 aliphatic heterocycles. The molecule has 0 amide bonds. The van der Waals surface area contributed by atoms with Crippen LogP contribution in [0.3, 0.4) is 0 Å². The molecule has 1 unspecified atom stereocenters. The van der Waals surface area contributed by atoms with Crippen LogP contribution in [0, 0.1) is 0 Å². The van der Waals surface area contributed by atoms with Crippen LogP contribution in [0.25, 0.3) is 0 Å². The first-order valence-electron chi connectivity index (χ1n) is 9.08. The van der Waals surface area contributed by atoms with E-state index in [4.69, 9.17) is 0 Å². The Morgan fingerprint density at radius 1 is 0.600 bits per heavy atom. The molecule has 0 saturated heterocycles. The van der Waals surface area contributed by atoms with Crippen LogP contribution < -0.4 is 0 Å². The number of hydrogen-bond acceptors (Lipinski definition) is 0. The minimum absolute atomic E-state index is 1.16. The van der Waals surface area contributed by atoms with E-state index in [1.807, 2.05) is 0 Å². The average Bonchev–Trinajstić information content (AvgIpc) is 2.45. The third kappa shape index (κ3) is 12.2. The van der Waals surface area contributed by atoms with E-state index in [2.05, 4.69) is 36.8 Å². The van der Waals surface area contributed by atoms with E-state index in [0.29, 0.717) is 0 Å². The van der Waals surface area contributed by atoms with Crippen molar-refractivity contribution in [3.05, 3.63) is 0 Å². The first-order chi connectivity index (χ1) is 9.68. The van der Waals surface area contributed by atoms with Crippen molar-refractivity contribution in [2.24, 2.45) is 0 Å². The molecule has 0 aromatic carbocycles. The molecule has 0 spiro atoms. The Morgan fingerprint density at radius 2 is 1.00 bits per heavy atom. The van der Waals surface area contributed by atoms with Crippen LogP contribution in [0.1, 0.15) is 84.5 Å². The van der Waals surface area contributed by atoms with Crippen molar-refractivity contribution < 1.29 is 4.48 Å². The summed E-state index contributed by atoms with van der Waals surface area (Å²) in [6.07, 6.45) is 15.5. The summed E-state index contributed by atoms with van der Waals surface area (Å²) in [6.45, 7) is 8.74. The smallest absolute Gasteiger partial charge is 0.0792 e. The largest absolute Gasteiger partial charge is 0.326 e. The second-order valence-electron chi connectivity index (χ2n) is 6.66. The normalized spacial score (nSPS) is 14.4. The quantitative estimate of drug-likeness (QED) is 0.189. The highest BCUT2D eigenvalue weighted by atomic mass is 79.9. The van der Waals surface area contributed by atoms with Crippen molar-refractivity contribution in [2.75, 3.05) is 32.0 Å². The van der Waals surface area contributed by atoms with Gasteiger partial charge in [0.2, 0.25) is 0 Å². The second kappa shape index (κ2) is 14.4. The van der Waals surface area contributed by atoms with Gasteiger partial charge in [0.25, 0.3) is 0 Å². The van der Waals surface area contributed by atoms with Gasteiger partial charge in [-0.2, -0.15) is 0 Å². The van der Waals surface area contributed by atoms with Crippen molar-refractivity contribution >= 4 is 15.9 Å². The van der Waals surface area contributed by atoms with Crippen LogP contribution in [0.2, 0.25) is 0 Å². The molecule has 0 heterocycles. The van der Waals surface area contributed by atoms with Crippen LogP contribution in [-0.2, 0) is 0 Å². The standard InChI is InChI=1S/C18H39BrN/c1-4-6-8-10-11-13-17-20(3,18-14-15-19)16-12-9-7-5-2/h4-18H2,1-3H3/q+1. The molecule has 0 aliphatic rings. The topological polar surface area (TPSA) is 0 Å². The van der Waals surface area contributed by atoms with Crippen molar-refractivity contribution in [3.8, 4) is 0 Å². The molecule has 0 rings (SSSR count). The van der Waals surface area contributed by atoms with Crippen molar-refractivity contribution in [1.29, 1.82) is 0 Å². The van der Waals surface area contributed by atoms with Gasteiger partial charge in [0.05, 0.1) is 26.7 Å². The van der Waals surface area contributed by atoms with E-state index in [1.165, 1.54) is 94.7 Å². The number of hydrogen-bond donors (Lipinski definition) is 0.